The van der Waals surface area contributed by atoms with Crippen molar-refractivity contribution in [3.63, 3.8) is 0 Å². The van der Waals surface area contributed by atoms with Crippen LogP contribution in [-0.2, 0) is 6.42 Å². The summed E-state index contributed by atoms with van der Waals surface area (Å²) in [5.74, 6) is 0. The number of fused-ring (bicyclic) bond motifs is 8. The summed E-state index contributed by atoms with van der Waals surface area (Å²) in [4.78, 5) is 4.98. The van der Waals surface area contributed by atoms with E-state index in [0.717, 1.165) is 29.9 Å². The highest BCUT2D eigenvalue weighted by atomic mass is 32.2. The third kappa shape index (κ3) is 6.26. The summed E-state index contributed by atoms with van der Waals surface area (Å²) in [6, 6.07) is 65.4. The molecule has 8 aromatic carbocycles. The van der Waals surface area contributed by atoms with Gasteiger partial charge in [0.15, 0.2) is 0 Å². The third-order valence-corrected chi connectivity index (χ3v) is 13.8. The van der Waals surface area contributed by atoms with Gasteiger partial charge in [0.2, 0.25) is 0 Å². The predicted octanol–water partition coefficient (Wildman–Crippen LogP) is 16.8. The number of anilines is 3. The van der Waals surface area contributed by atoms with Crippen molar-refractivity contribution in [3.8, 4) is 22.3 Å². The minimum atomic E-state index is 1.09. The van der Waals surface area contributed by atoms with Crippen LogP contribution >= 0.6 is 11.8 Å². The van der Waals surface area contributed by atoms with Crippen molar-refractivity contribution in [2.75, 3.05) is 4.90 Å². The molecule has 10 aromatic rings. The Balaban J connectivity index is 0.00000207. The summed E-state index contributed by atoms with van der Waals surface area (Å²) in [5.41, 5.74) is 19.2. The largest absolute Gasteiger partial charge is 0.308 e. The second-order valence-electron chi connectivity index (χ2n) is 16.1. The first-order chi connectivity index (χ1) is 30.2. The summed E-state index contributed by atoms with van der Waals surface area (Å²) in [6.07, 6.45) is 8.11. The maximum Gasteiger partial charge on any atom is 0.0782 e. The molecule has 294 valence electrons. The number of hydrogen-bond donors (Lipinski definition) is 0. The fraction of sp³-hybridized carbons (Fsp3) is 0.103. The molecule has 0 spiro atoms. The van der Waals surface area contributed by atoms with E-state index in [2.05, 4.69) is 204 Å². The van der Waals surface area contributed by atoms with Crippen LogP contribution in [0.3, 0.4) is 0 Å². The van der Waals surface area contributed by atoms with Gasteiger partial charge in [-0.2, -0.15) is 0 Å². The van der Waals surface area contributed by atoms with Crippen LogP contribution in [0.4, 0.5) is 17.1 Å². The van der Waals surface area contributed by atoms with Crippen LogP contribution in [0.25, 0.3) is 65.9 Å². The number of allylic oxidation sites excluding steroid dienone is 4. The van der Waals surface area contributed by atoms with Crippen molar-refractivity contribution in [2.45, 2.75) is 49.8 Å². The van der Waals surface area contributed by atoms with Gasteiger partial charge >= 0.3 is 0 Å². The van der Waals surface area contributed by atoms with Gasteiger partial charge in [-0.1, -0.05) is 159 Å². The van der Waals surface area contributed by atoms with Gasteiger partial charge in [-0.25, -0.2) is 0 Å². The second-order valence-corrected chi connectivity index (χ2v) is 17.2. The lowest BCUT2D eigenvalue weighted by Crippen LogP contribution is -2.11. The van der Waals surface area contributed by atoms with Gasteiger partial charge in [0, 0.05) is 42.7 Å². The lowest BCUT2D eigenvalue weighted by Gasteiger charge is -2.27. The number of nitrogens with zero attached hydrogens (tertiary/aromatic N) is 2. The Kier molecular flexibility index (Phi) is 9.36. The van der Waals surface area contributed by atoms with E-state index in [1.807, 2.05) is 25.6 Å². The number of benzene rings is 8. The van der Waals surface area contributed by atoms with Crippen molar-refractivity contribution in [1.82, 2.24) is 4.40 Å². The van der Waals surface area contributed by atoms with Crippen molar-refractivity contribution < 1.29 is 0 Å². The van der Waals surface area contributed by atoms with E-state index in [1.165, 1.54) is 98.8 Å². The molecule has 2 aliphatic rings. The van der Waals surface area contributed by atoms with Gasteiger partial charge in [-0.3, -0.25) is 0 Å². The topological polar surface area (TPSA) is 7.65 Å². The van der Waals surface area contributed by atoms with E-state index in [0.29, 0.717) is 0 Å². The van der Waals surface area contributed by atoms with Gasteiger partial charge < -0.3 is 9.30 Å². The second kappa shape index (κ2) is 15.3. The molecule has 0 fully saturated rings. The fourth-order valence-electron chi connectivity index (χ4n) is 9.74. The summed E-state index contributed by atoms with van der Waals surface area (Å²) < 4.78 is 2.51. The zero-order chi connectivity index (χ0) is 41.0. The molecule has 0 saturated carbocycles. The molecular formula is C58H46N2S. The predicted molar refractivity (Wildman–Crippen MR) is 262 cm³/mol. The van der Waals surface area contributed by atoms with Crippen molar-refractivity contribution >= 4 is 72.5 Å². The van der Waals surface area contributed by atoms with Crippen LogP contribution < -0.4 is 4.90 Å². The molecule has 2 aliphatic carbocycles. The Morgan fingerprint density at radius 1 is 0.541 bits per heavy atom. The third-order valence-electron chi connectivity index (χ3n) is 12.6. The number of rotatable bonds is 7. The number of para-hydroxylation sites is 3. The quantitative estimate of drug-likeness (QED) is 0.159. The maximum absolute atomic E-state index is 2.51. The summed E-state index contributed by atoms with van der Waals surface area (Å²) in [7, 11) is 0. The smallest absolute Gasteiger partial charge is 0.0782 e. The molecule has 2 nitrogen and oxygen atoms in total. The molecule has 0 N–H and O–H groups in total. The molecule has 0 bridgehead atoms. The lowest BCUT2D eigenvalue weighted by atomic mass is 9.95. The van der Waals surface area contributed by atoms with Gasteiger partial charge in [0.25, 0.3) is 0 Å². The Bertz CT molecular complexity index is 3310. The van der Waals surface area contributed by atoms with Crippen LogP contribution in [0.2, 0.25) is 0 Å². The molecule has 12 rings (SSSR count). The molecule has 0 saturated heterocycles. The molecular weight excluding hydrogens is 757 g/mol. The average molecular weight is 803 g/mol. The van der Waals surface area contributed by atoms with E-state index >= 15 is 0 Å². The monoisotopic (exact) mass is 802 g/mol. The molecule has 3 heteroatoms. The Morgan fingerprint density at radius 3 is 1.90 bits per heavy atom. The first-order valence-electron chi connectivity index (χ1n) is 21.7. The van der Waals surface area contributed by atoms with Crippen molar-refractivity contribution in [2.24, 2.45) is 0 Å². The Hall–Kier alpha value is -6.81. The number of aryl methyl sites for hydroxylation is 1. The van der Waals surface area contributed by atoms with Crippen molar-refractivity contribution in [3.05, 3.63) is 210 Å². The highest BCUT2D eigenvalue weighted by Gasteiger charge is 2.24. The SMILES string of the molecule is CC.Cc1ccc(-c2ccc(N(c3ccc(-c4ccc5c(c4)C4=C(CCC=C4)C5)cc3)c3cccc4c5cccc6c7ccccc7n(c34)c65)cc2)cc1Sc1ccccc1. The number of hydrogen-bond acceptors (Lipinski definition) is 2. The van der Waals surface area contributed by atoms with Crippen LogP contribution in [-0.4, -0.2) is 4.40 Å². The Morgan fingerprint density at radius 2 is 1.15 bits per heavy atom. The molecule has 2 aromatic heterocycles. The zero-order valence-electron chi connectivity index (χ0n) is 34.8. The van der Waals surface area contributed by atoms with E-state index in [4.69, 9.17) is 0 Å². The molecule has 0 aliphatic heterocycles. The first-order valence-corrected chi connectivity index (χ1v) is 22.5. The first kappa shape index (κ1) is 37.2. The van der Waals surface area contributed by atoms with Crippen LogP contribution in [0.1, 0.15) is 43.4 Å². The molecule has 0 unspecified atom stereocenters. The molecule has 0 radical (unpaired) electrons. The van der Waals surface area contributed by atoms with Gasteiger partial charge in [-0.05, 0) is 131 Å². The van der Waals surface area contributed by atoms with Crippen LogP contribution in [0.15, 0.2) is 203 Å². The zero-order valence-corrected chi connectivity index (χ0v) is 35.6. The summed E-state index contributed by atoms with van der Waals surface area (Å²) in [5, 5.41) is 5.13. The molecule has 0 amide bonds. The van der Waals surface area contributed by atoms with E-state index < -0.39 is 0 Å². The minimum Gasteiger partial charge on any atom is -0.308 e. The van der Waals surface area contributed by atoms with Crippen molar-refractivity contribution in [1.29, 1.82) is 0 Å². The van der Waals surface area contributed by atoms with E-state index in [1.54, 1.807) is 5.57 Å². The molecule has 61 heavy (non-hydrogen) atoms. The van der Waals surface area contributed by atoms with Gasteiger partial charge in [0.1, 0.15) is 0 Å². The van der Waals surface area contributed by atoms with Gasteiger partial charge in [-0.15, -0.1) is 0 Å². The molecule has 0 atom stereocenters. The highest BCUT2D eigenvalue weighted by Crippen LogP contribution is 2.47. The fourth-order valence-corrected chi connectivity index (χ4v) is 10.7. The van der Waals surface area contributed by atoms with Crippen LogP contribution in [0, 0.1) is 6.92 Å². The molecule has 2 heterocycles. The minimum absolute atomic E-state index is 1.09. The summed E-state index contributed by atoms with van der Waals surface area (Å²) in [6.45, 7) is 6.20. The Labute approximate surface area is 362 Å². The summed E-state index contributed by atoms with van der Waals surface area (Å²) >= 11 is 1.83. The standard InChI is InChI=1S/C56H40N2S.C2H6/c1-36-21-22-40(35-54(36)59-45-12-3-2-4-13-45)38-27-31-44(32-28-38)57(43-29-25-37(26-30-43)39-23-24-42-33-41-11-5-6-14-46(41)51(42)34-39)53-20-10-18-50-49-17-9-16-48-47-15-7-8-19-52(47)58(55(48)49)56(50)53;1-2/h2-4,6-10,12-32,34-35H,5,11,33H2,1H3;1-2H3. The lowest BCUT2D eigenvalue weighted by molar-refractivity contribution is 0.935. The maximum atomic E-state index is 2.51. The number of aromatic nitrogens is 1. The highest BCUT2D eigenvalue weighted by molar-refractivity contribution is 7.99. The normalized spacial score (nSPS) is 13.2. The van der Waals surface area contributed by atoms with Gasteiger partial charge in [0.05, 0.1) is 22.2 Å². The van der Waals surface area contributed by atoms with E-state index in [-0.39, 0.29) is 0 Å². The van der Waals surface area contributed by atoms with E-state index in [9.17, 15) is 0 Å². The van der Waals surface area contributed by atoms with Crippen LogP contribution in [0.5, 0.6) is 0 Å². The average Bonchev–Trinajstić information content (AvgIpc) is 3.99.